The molecule has 1 heterocycles. The fraction of sp³-hybridized carbons (Fsp3) is 0.333. The fourth-order valence-electron chi connectivity index (χ4n) is 1.91. The van der Waals surface area contributed by atoms with Crippen LogP contribution in [0.2, 0.25) is 5.02 Å². The van der Waals surface area contributed by atoms with Gasteiger partial charge in [0, 0.05) is 34.7 Å². The van der Waals surface area contributed by atoms with Crippen molar-refractivity contribution in [3.63, 3.8) is 0 Å². The Kier molecular flexibility index (Phi) is 2.72. The van der Waals surface area contributed by atoms with Crippen LogP contribution in [-0.4, -0.2) is 11.6 Å². The van der Waals surface area contributed by atoms with E-state index in [1.54, 1.807) is 0 Å². The SMILES string of the molecule is CNC(C)c1cc2c(Cl)cccc2n1C. The number of nitrogens with one attached hydrogen (secondary N) is 1. The van der Waals surface area contributed by atoms with Crippen LogP contribution in [-0.2, 0) is 7.05 Å². The molecule has 1 N–H and O–H groups in total. The van der Waals surface area contributed by atoms with Crippen molar-refractivity contribution in [3.05, 3.63) is 35.0 Å². The molecule has 1 unspecified atom stereocenters. The highest BCUT2D eigenvalue weighted by Gasteiger charge is 2.11. The topological polar surface area (TPSA) is 17.0 Å². The van der Waals surface area contributed by atoms with Crippen LogP contribution in [0.25, 0.3) is 10.9 Å². The second kappa shape index (κ2) is 3.87. The van der Waals surface area contributed by atoms with Crippen molar-refractivity contribution < 1.29 is 0 Å². The standard InChI is InChI=1S/C12H15ClN2/c1-8(14-2)12-7-9-10(13)5-4-6-11(9)15(12)3/h4-8,14H,1-3H3. The zero-order chi connectivity index (χ0) is 11.0. The monoisotopic (exact) mass is 222 g/mol. The quantitative estimate of drug-likeness (QED) is 0.826. The van der Waals surface area contributed by atoms with Crippen LogP contribution in [0.15, 0.2) is 24.3 Å². The first-order valence-corrected chi connectivity index (χ1v) is 5.44. The molecule has 0 bridgehead atoms. The van der Waals surface area contributed by atoms with Crippen LogP contribution in [0, 0.1) is 0 Å². The lowest BCUT2D eigenvalue weighted by Gasteiger charge is -2.11. The Morgan fingerprint density at radius 3 is 2.73 bits per heavy atom. The van der Waals surface area contributed by atoms with Crippen molar-refractivity contribution in [2.45, 2.75) is 13.0 Å². The molecule has 0 saturated carbocycles. The van der Waals surface area contributed by atoms with Gasteiger partial charge in [0.1, 0.15) is 0 Å². The predicted octanol–water partition coefficient (Wildman–Crippen LogP) is 3.11. The summed E-state index contributed by atoms with van der Waals surface area (Å²) in [5.74, 6) is 0. The fourth-order valence-corrected chi connectivity index (χ4v) is 2.13. The molecule has 0 aliphatic rings. The lowest BCUT2D eigenvalue weighted by Crippen LogP contribution is -2.15. The number of rotatable bonds is 2. The third kappa shape index (κ3) is 1.64. The molecule has 0 radical (unpaired) electrons. The van der Waals surface area contributed by atoms with E-state index in [4.69, 9.17) is 11.6 Å². The van der Waals surface area contributed by atoms with Gasteiger partial charge in [-0.25, -0.2) is 0 Å². The molecule has 2 aromatic rings. The maximum absolute atomic E-state index is 6.16. The third-order valence-electron chi connectivity index (χ3n) is 2.95. The molecule has 0 saturated heterocycles. The lowest BCUT2D eigenvalue weighted by atomic mass is 10.2. The van der Waals surface area contributed by atoms with E-state index in [0.29, 0.717) is 6.04 Å². The van der Waals surface area contributed by atoms with Gasteiger partial charge in [-0.05, 0) is 32.2 Å². The van der Waals surface area contributed by atoms with E-state index in [1.165, 1.54) is 11.2 Å². The average molecular weight is 223 g/mol. The first-order valence-electron chi connectivity index (χ1n) is 5.06. The van der Waals surface area contributed by atoms with Crippen molar-refractivity contribution in [2.24, 2.45) is 7.05 Å². The van der Waals surface area contributed by atoms with E-state index in [-0.39, 0.29) is 0 Å². The Bertz CT molecular complexity index is 488. The van der Waals surface area contributed by atoms with Gasteiger partial charge in [0.25, 0.3) is 0 Å². The van der Waals surface area contributed by atoms with E-state index in [2.05, 4.69) is 36.0 Å². The van der Waals surface area contributed by atoms with Crippen LogP contribution in [0.4, 0.5) is 0 Å². The number of benzene rings is 1. The number of halogens is 1. The van der Waals surface area contributed by atoms with Crippen molar-refractivity contribution in [2.75, 3.05) is 7.05 Å². The average Bonchev–Trinajstić information content (AvgIpc) is 2.57. The van der Waals surface area contributed by atoms with Crippen LogP contribution < -0.4 is 5.32 Å². The molecular weight excluding hydrogens is 208 g/mol. The van der Waals surface area contributed by atoms with Gasteiger partial charge >= 0.3 is 0 Å². The van der Waals surface area contributed by atoms with E-state index >= 15 is 0 Å². The molecule has 0 fully saturated rings. The first-order chi connectivity index (χ1) is 7.15. The minimum absolute atomic E-state index is 0.332. The van der Waals surface area contributed by atoms with E-state index in [9.17, 15) is 0 Å². The van der Waals surface area contributed by atoms with Gasteiger partial charge < -0.3 is 9.88 Å². The summed E-state index contributed by atoms with van der Waals surface area (Å²) < 4.78 is 2.18. The van der Waals surface area contributed by atoms with E-state index in [0.717, 1.165) is 10.4 Å². The molecule has 80 valence electrons. The maximum atomic E-state index is 6.16. The second-order valence-electron chi connectivity index (χ2n) is 3.81. The van der Waals surface area contributed by atoms with Gasteiger partial charge in [0.15, 0.2) is 0 Å². The third-order valence-corrected chi connectivity index (χ3v) is 3.28. The minimum Gasteiger partial charge on any atom is -0.346 e. The smallest absolute Gasteiger partial charge is 0.0499 e. The molecule has 0 aliphatic heterocycles. The molecule has 15 heavy (non-hydrogen) atoms. The second-order valence-corrected chi connectivity index (χ2v) is 4.22. The zero-order valence-corrected chi connectivity index (χ0v) is 9.97. The van der Waals surface area contributed by atoms with Gasteiger partial charge in [0.2, 0.25) is 0 Å². The van der Waals surface area contributed by atoms with Crippen molar-refractivity contribution >= 4 is 22.5 Å². The normalized spacial score (nSPS) is 13.3. The van der Waals surface area contributed by atoms with Crippen molar-refractivity contribution in [3.8, 4) is 0 Å². The number of fused-ring (bicyclic) bond motifs is 1. The van der Waals surface area contributed by atoms with E-state index < -0.39 is 0 Å². The molecule has 1 aromatic heterocycles. The molecule has 1 atom stereocenters. The molecule has 2 rings (SSSR count). The van der Waals surface area contributed by atoms with Gasteiger partial charge in [0.05, 0.1) is 0 Å². The largest absolute Gasteiger partial charge is 0.346 e. The summed E-state index contributed by atoms with van der Waals surface area (Å²) >= 11 is 6.16. The van der Waals surface area contributed by atoms with E-state index in [1.807, 2.05) is 19.2 Å². The maximum Gasteiger partial charge on any atom is 0.0499 e. The molecule has 0 spiro atoms. The van der Waals surface area contributed by atoms with Gasteiger partial charge in [-0.3, -0.25) is 0 Å². The first kappa shape index (κ1) is 10.5. The van der Waals surface area contributed by atoms with Crippen LogP contribution in [0.5, 0.6) is 0 Å². The van der Waals surface area contributed by atoms with Gasteiger partial charge in [-0.2, -0.15) is 0 Å². The number of hydrogen-bond donors (Lipinski definition) is 1. The van der Waals surface area contributed by atoms with Crippen molar-refractivity contribution in [1.29, 1.82) is 0 Å². The number of hydrogen-bond acceptors (Lipinski definition) is 1. The molecule has 0 aliphatic carbocycles. The van der Waals surface area contributed by atoms with Gasteiger partial charge in [-0.15, -0.1) is 0 Å². The Morgan fingerprint density at radius 2 is 2.13 bits per heavy atom. The van der Waals surface area contributed by atoms with Crippen LogP contribution in [0.1, 0.15) is 18.7 Å². The number of nitrogens with zero attached hydrogens (tertiary/aromatic N) is 1. The molecule has 0 amide bonds. The Morgan fingerprint density at radius 1 is 1.40 bits per heavy atom. The van der Waals surface area contributed by atoms with Crippen molar-refractivity contribution in [1.82, 2.24) is 9.88 Å². The number of aromatic nitrogens is 1. The van der Waals surface area contributed by atoms with Crippen LogP contribution >= 0.6 is 11.6 Å². The summed E-state index contributed by atoms with van der Waals surface area (Å²) in [5.41, 5.74) is 2.43. The molecular formula is C12H15ClN2. The summed E-state index contributed by atoms with van der Waals surface area (Å²) in [5, 5.41) is 5.18. The molecule has 3 heteroatoms. The minimum atomic E-state index is 0.332. The summed E-state index contributed by atoms with van der Waals surface area (Å²) in [6, 6.07) is 8.49. The highest BCUT2D eigenvalue weighted by molar-refractivity contribution is 6.35. The van der Waals surface area contributed by atoms with Crippen LogP contribution in [0.3, 0.4) is 0 Å². The summed E-state index contributed by atoms with van der Waals surface area (Å²) in [7, 11) is 4.03. The molecule has 1 aromatic carbocycles. The Labute approximate surface area is 94.8 Å². The molecule has 2 nitrogen and oxygen atoms in total. The highest BCUT2D eigenvalue weighted by Crippen LogP contribution is 2.28. The summed E-state index contributed by atoms with van der Waals surface area (Å²) in [6.07, 6.45) is 0. The highest BCUT2D eigenvalue weighted by atomic mass is 35.5. The number of aryl methyl sites for hydroxylation is 1. The summed E-state index contributed by atoms with van der Waals surface area (Å²) in [6.45, 7) is 2.14. The summed E-state index contributed by atoms with van der Waals surface area (Å²) in [4.78, 5) is 0. The predicted molar refractivity (Wildman–Crippen MR) is 65.4 cm³/mol. The zero-order valence-electron chi connectivity index (χ0n) is 9.21. The Balaban J connectivity index is 2.69. The van der Waals surface area contributed by atoms with Gasteiger partial charge in [-0.1, -0.05) is 17.7 Å². The lowest BCUT2D eigenvalue weighted by molar-refractivity contribution is 0.610. The Hall–Kier alpha value is -0.990.